The van der Waals surface area contributed by atoms with Crippen LogP contribution in [0.15, 0.2) is 0 Å². The Labute approximate surface area is 91.8 Å². The van der Waals surface area contributed by atoms with Gasteiger partial charge in [0.15, 0.2) is 0 Å². The van der Waals surface area contributed by atoms with E-state index in [9.17, 15) is 4.79 Å². The lowest BCUT2D eigenvalue weighted by Crippen LogP contribution is -2.32. The van der Waals surface area contributed by atoms with Crippen LogP contribution in [-0.4, -0.2) is 25.2 Å². The van der Waals surface area contributed by atoms with Crippen LogP contribution in [0.5, 0.6) is 0 Å². The molecule has 0 aromatic heterocycles. The molecule has 1 atom stereocenters. The van der Waals surface area contributed by atoms with Crippen molar-refractivity contribution in [2.24, 2.45) is 11.5 Å². The molecule has 5 heteroatoms. The summed E-state index contributed by atoms with van der Waals surface area (Å²) in [4.78, 5) is 11.1. The molecular weight excluding hydrogens is 204 g/mol. The Balaban J connectivity index is 0. The van der Waals surface area contributed by atoms with Gasteiger partial charge < -0.3 is 16.2 Å². The van der Waals surface area contributed by atoms with E-state index in [1.807, 2.05) is 6.92 Å². The van der Waals surface area contributed by atoms with Gasteiger partial charge in [-0.3, -0.25) is 4.79 Å². The molecule has 0 aliphatic heterocycles. The zero-order valence-corrected chi connectivity index (χ0v) is 9.52. The topological polar surface area (TPSA) is 78.3 Å². The molecule has 0 radical (unpaired) electrons. The van der Waals surface area contributed by atoms with Gasteiger partial charge in [0.1, 0.15) is 6.04 Å². The molecule has 0 bridgehead atoms. The molecule has 0 aromatic rings. The van der Waals surface area contributed by atoms with Crippen molar-refractivity contribution in [3.63, 3.8) is 0 Å². The standard InChI is InChI=1S/C9H20N2O2.ClH/c1-2-7-13-9(12)8(11)5-3-4-6-10;/h8H,2-7,10-11H2,1H3;1H. The molecule has 0 saturated carbocycles. The molecular formula is C9H21ClN2O2. The molecule has 4 N–H and O–H groups in total. The third kappa shape index (κ3) is 8.29. The number of ether oxygens (including phenoxy) is 1. The quantitative estimate of drug-likeness (QED) is 0.496. The molecule has 0 amide bonds. The maximum absolute atomic E-state index is 11.1. The summed E-state index contributed by atoms with van der Waals surface area (Å²) in [6.45, 7) is 3.06. The summed E-state index contributed by atoms with van der Waals surface area (Å²) in [5.41, 5.74) is 10.9. The minimum absolute atomic E-state index is 0. The third-order valence-electron chi connectivity index (χ3n) is 1.72. The van der Waals surface area contributed by atoms with Crippen LogP contribution < -0.4 is 11.5 Å². The predicted octanol–water partition coefficient (Wildman–Crippen LogP) is 0.818. The van der Waals surface area contributed by atoms with Crippen molar-refractivity contribution in [1.82, 2.24) is 0 Å². The highest BCUT2D eigenvalue weighted by Crippen LogP contribution is 2.00. The summed E-state index contributed by atoms with van der Waals surface area (Å²) >= 11 is 0. The first-order chi connectivity index (χ1) is 6.22. The number of halogens is 1. The van der Waals surface area contributed by atoms with E-state index in [0.717, 1.165) is 19.3 Å². The van der Waals surface area contributed by atoms with E-state index in [0.29, 0.717) is 19.6 Å². The maximum Gasteiger partial charge on any atom is 0.322 e. The predicted molar refractivity (Wildman–Crippen MR) is 59.4 cm³/mol. The van der Waals surface area contributed by atoms with Crippen LogP contribution in [0.2, 0.25) is 0 Å². The van der Waals surface area contributed by atoms with E-state index in [1.165, 1.54) is 0 Å². The lowest BCUT2D eigenvalue weighted by Gasteiger charge is -2.10. The second kappa shape index (κ2) is 10.8. The summed E-state index contributed by atoms with van der Waals surface area (Å²) in [6.07, 6.45) is 3.30. The number of nitrogens with two attached hydrogens (primary N) is 2. The van der Waals surface area contributed by atoms with E-state index in [2.05, 4.69) is 0 Å². The summed E-state index contributed by atoms with van der Waals surface area (Å²) in [5, 5.41) is 0. The average molecular weight is 225 g/mol. The van der Waals surface area contributed by atoms with E-state index in [-0.39, 0.29) is 18.4 Å². The van der Waals surface area contributed by atoms with E-state index >= 15 is 0 Å². The van der Waals surface area contributed by atoms with Gasteiger partial charge >= 0.3 is 5.97 Å². The fourth-order valence-corrected chi connectivity index (χ4v) is 0.936. The zero-order valence-electron chi connectivity index (χ0n) is 8.70. The van der Waals surface area contributed by atoms with Gasteiger partial charge in [0.2, 0.25) is 0 Å². The van der Waals surface area contributed by atoms with Crippen LogP contribution in [0.3, 0.4) is 0 Å². The Kier molecular flexibility index (Phi) is 12.4. The van der Waals surface area contributed by atoms with Gasteiger partial charge in [-0.05, 0) is 25.8 Å². The van der Waals surface area contributed by atoms with Crippen LogP contribution in [0, 0.1) is 0 Å². The SMILES string of the molecule is CCCOC(=O)C(N)CCCCN.Cl. The normalized spacial score (nSPS) is 11.6. The monoisotopic (exact) mass is 224 g/mol. The maximum atomic E-state index is 11.1. The van der Waals surface area contributed by atoms with Gasteiger partial charge in [0.25, 0.3) is 0 Å². The first-order valence-electron chi connectivity index (χ1n) is 4.84. The number of esters is 1. The second-order valence-corrected chi connectivity index (χ2v) is 3.06. The molecule has 14 heavy (non-hydrogen) atoms. The third-order valence-corrected chi connectivity index (χ3v) is 1.72. The lowest BCUT2D eigenvalue weighted by molar-refractivity contribution is -0.145. The molecule has 0 fully saturated rings. The van der Waals surface area contributed by atoms with Crippen LogP contribution >= 0.6 is 12.4 Å². The van der Waals surface area contributed by atoms with Gasteiger partial charge in [-0.2, -0.15) is 0 Å². The van der Waals surface area contributed by atoms with E-state index in [4.69, 9.17) is 16.2 Å². The highest BCUT2D eigenvalue weighted by atomic mass is 35.5. The van der Waals surface area contributed by atoms with Crippen LogP contribution in [0.25, 0.3) is 0 Å². The number of unbranched alkanes of at least 4 members (excludes halogenated alkanes) is 1. The van der Waals surface area contributed by atoms with Crippen molar-refractivity contribution in [2.45, 2.75) is 38.6 Å². The van der Waals surface area contributed by atoms with E-state index < -0.39 is 6.04 Å². The molecule has 0 heterocycles. The minimum atomic E-state index is -0.474. The van der Waals surface area contributed by atoms with Gasteiger partial charge in [-0.1, -0.05) is 13.3 Å². The van der Waals surface area contributed by atoms with E-state index in [1.54, 1.807) is 0 Å². The highest BCUT2D eigenvalue weighted by molar-refractivity contribution is 5.85. The van der Waals surface area contributed by atoms with Crippen LogP contribution in [0.4, 0.5) is 0 Å². The summed E-state index contributed by atoms with van der Waals surface area (Å²) in [6, 6.07) is -0.474. The molecule has 0 spiro atoms. The van der Waals surface area contributed by atoms with Crippen LogP contribution in [0.1, 0.15) is 32.6 Å². The van der Waals surface area contributed by atoms with Gasteiger partial charge in [0, 0.05) is 0 Å². The van der Waals surface area contributed by atoms with Crippen molar-refractivity contribution < 1.29 is 9.53 Å². The second-order valence-electron chi connectivity index (χ2n) is 3.06. The molecule has 0 aromatic carbocycles. The van der Waals surface area contributed by atoms with Crippen LogP contribution in [-0.2, 0) is 9.53 Å². The number of hydrogen-bond donors (Lipinski definition) is 2. The molecule has 0 aliphatic carbocycles. The van der Waals surface area contributed by atoms with Crippen molar-refractivity contribution in [1.29, 1.82) is 0 Å². The summed E-state index contributed by atoms with van der Waals surface area (Å²) < 4.78 is 4.89. The van der Waals surface area contributed by atoms with Gasteiger partial charge in [-0.15, -0.1) is 12.4 Å². The minimum Gasteiger partial charge on any atom is -0.465 e. The fourth-order valence-electron chi connectivity index (χ4n) is 0.936. The largest absolute Gasteiger partial charge is 0.465 e. The molecule has 4 nitrogen and oxygen atoms in total. The molecule has 86 valence electrons. The number of carbonyl (C=O) groups is 1. The van der Waals surface area contributed by atoms with Crippen molar-refractivity contribution >= 4 is 18.4 Å². The Morgan fingerprint density at radius 3 is 2.57 bits per heavy atom. The highest BCUT2D eigenvalue weighted by Gasteiger charge is 2.13. The van der Waals surface area contributed by atoms with Crippen molar-refractivity contribution in [3.8, 4) is 0 Å². The smallest absolute Gasteiger partial charge is 0.322 e. The fraction of sp³-hybridized carbons (Fsp3) is 0.889. The number of rotatable bonds is 7. The lowest BCUT2D eigenvalue weighted by atomic mass is 10.1. The first kappa shape index (κ1) is 16.1. The van der Waals surface area contributed by atoms with Crippen molar-refractivity contribution in [3.05, 3.63) is 0 Å². The van der Waals surface area contributed by atoms with Gasteiger partial charge in [0.05, 0.1) is 6.61 Å². The molecule has 0 rings (SSSR count). The average Bonchev–Trinajstić information content (AvgIpc) is 2.14. The van der Waals surface area contributed by atoms with Crippen molar-refractivity contribution in [2.75, 3.05) is 13.2 Å². The molecule has 1 unspecified atom stereocenters. The number of hydrogen-bond acceptors (Lipinski definition) is 4. The summed E-state index contributed by atoms with van der Waals surface area (Å²) in [5.74, 6) is -0.293. The summed E-state index contributed by atoms with van der Waals surface area (Å²) in [7, 11) is 0. The Morgan fingerprint density at radius 2 is 2.07 bits per heavy atom. The zero-order chi connectivity index (χ0) is 10.1. The Morgan fingerprint density at radius 1 is 1.43 bits per heavy atom. The molecule has 0 aliphatic rings. The molecule has 0 saturated heterocycles. The Hall–Kier alpha value is -0.320. The Bertz CT molecular complexity index is 145. The first-order valence-corrected chi connectivity index (χ1v) is 4.84. The number of carbonyl (C=O) groups excluding carboxylic acids is 1. The van der Waals surface area contributed by atoms with Gasteiger partial charge in [-0.25, -0.2) is 0 Å².